The van der Waals surface area contributed by atoms with Gasteiger partial charge in [0.25, 0.3) is 0 Å². The molecule has 27 heavy (non-hydrogen) atoms. The number of aryl methyl sites for hydroxylation is 1. The van der Waals surface area contributed by atoms with Crippen molar-refractivity contribution in [1.82, 2.24) is 4.57 Å². The van der Waals surface area contributed by atoms with E-state index in [1.165, 1.54) is 0 Å². The Kier molecular flexibility index (Phi) is 4.56. The summed E-state index contributed by atoms with van der Waals surface area (Å²) in [5, 5.41) is 2.23. The van der Waals surface area contributed by atoms with E-state index in [0.29, 0.717) is 12.2 Å². The third kappa shape index (κ3) is 3.06. The highest BCUT2D eigenvalue weighted by atomic mass is 16.5. The number of morpholine rings is 1. The number of rotatable bonds is 3. The summed E-state index contributed by atoms with van der Waals surface area (Å²) in [5.74, 6) is -0.269. The summed E-state index contributed by atoms with van der Waals surface area (Å²) in [6, 6.07) is 12.4. The van der Waals surface area contributed by atoms with Crippen molar-refractivity contribution in [1.29, 1.82) is 0 Å². The number of hydrogen-bond acceptors (Lipinski definition) is 4. The first-order valence-corrected chi connectivity index (χ1v) is 9.58. The van der Waals surface area contributed by atoms with Crippen LogP contribution in [0, 0.1) is 0 Å². The highest BCUT2D eigenvalue weighted by molar-refractivity contribution is 6.12. The topological polar surface area (TPSA) is 43.7 Å². The fourth-order valence-electron chi connectivity index (χ4n) is 4.20. The minimum absolute atomic E-state index is 0.118. The second-order valence-electron chi connectivity index (χ2n) is 7.35. The quantitative estimate of drug-likeness (QED) is 0.654. The van der Waals surface area contributed by atoms with E-state index in [0.717, 1.165) is 40.6 Å². The largest absolute Gasteiger partial charge is 0.462 e. The minimum atomic E-state index is -0.269. The van der Waals surface area contributed by atoms with E-state index in [1.54, 1.807) is 0 Å². The minimum Gasteiger partial charge on any atom is -0.462 e. The molecule has 0 spiro atoms. The van der Waals surface area contributed by atoms with Crippen molar-refractivity contribution in [2.45, 2.75) is 33.0 Å². The van der Waals surface area contributed by atoms with Crippen molar-refractivity contribution in [3.8, 4) is 0 Å². The molecule has 4 rings (SSSR count). The van der Waals surface area contributed by atoms with Gasteiger partial charge in [0.15, 0.2) is 0 Å². The van der Waals surface area contributed by atoms with Crippen LogP contribution in [0.5, 0.6) is 0 Å². The van der Waals surface area contributed by atoms with Gasteiger partial charge >= 0.3 is 5.97 Å². The molecule has 2 atom stereocenters. The molecule has 1 aliphatic heterocycles. The Hall–Kier alpha value is -2.53. The number of esters is 1. The van der Waals surface area contributed by atoms with Crippen molar-refractivity contribution in [2.24, 2.45) is 7.05 Å². The smallest absolute Gasteiger partial charge is 0.340 e. The predicted molar refractivity (Wildman–Crippen MR) is 109 cm³/mol. The molecule has 1 fully saturated rings. The van der Waals surface area contributed by atoms with E-state index >= 15 is 0 Å². The Morgan fingerprint density at radius 3 is 2.52 bits per heavy atom. The highest BCUT2D eigenvalue weighted by Gasteiger charge is 2.27. The number of carbonyl (C=O) groups excluding carboxylic acids is 1. The van der Waals surface area contributed by atoms with E-state index in [1.807, 2.05) is 25.1 Å². The number of aromatic nitrogens is 1. The molecule has 142 valence electrons. The number of anilines is 1. The van der Waals surface area contributed by atoms with Crippen LogP contribution in [0.1, 0.15) is 31.1 Å². The molecule has 0 unspecified atom stereocenters. The molecule has 0 bridgehead atoms. The monoisotopic (exact) mass is 366 g/mol. The van der Waals surface area contributed by atoms with Crippen molar-refractivity contribution < 1.29 is 14.3 Å². The summed E-state index contributed by atoms with van der Waals surface area (Å²) in [6.45, 7) is 7.86. The van der Waals surface area contributed by atoms with Gasteiger partial charge in [-0.05, 0) is 39.0 Å². The zero-order valence-corrected chi connectivity index (χ0v) is 16.4. The molecular formula is C22H26N2O3. The number of carbonyl (C=O) groups is 1. The van der Waals surface area contributed by atoms with E-state index < -0.39 is 0 Å². The maximum absolute atomic E-state index is 12.8. The molecule has 0 N–H and O–H groups in total. The Morgan fingerprint density at radius 2 is 1.81 bits per heavy atom. The third-order valence-electron chi connectivity index (χ3n) is 5.29. The maximum atomic E-state index is 12.8. The lowest BCUT2D eigenvalue weighted by molar-refractivity contribution is -0.00534. The number of benzene rings is 2. The summed E-state index contributed by atoms with van der Waals surface area (Å²) in [4.78, 5) is 15.0. The van der Waals surface area contributed by atoms with Gasteiger partial charge in [0.1, 0.15) is 0 Å². The van der Waals surface area contributed by atoms with E-state index in [4.69, 9.17) is 9.47 Å². The average molecular weight is 366 g/mol. The lowest BCUT2D eigenvalue weighted by atomic mass is 10.0. The van der Waals surface area contributed by atoms with Crippen LogP contribution in [0.15, 0.2) is 36.4 Å². The summed E-state index contributed by atoms with van der Waals surface area (Å²) in [6.07, 6.45) is 0.235. The van der Waals surface area contributed by atoms with E-state index in [-0.39, 0.29) is 18.2 Å². The molecule has 5 nitrogen and oxygen atoms in total. The SMILES string of the molecule is CCOC(=O)c1cc2c3ccccc3n(C)c2cc1N1C[C@@H](C)O[C@H](C)C1. The first-order chi connectivity index (χ1) is 13.0. The first kappa shape index (κ1) is 17.9. The zero-order valence-electron chi connectivity index (χ0n) is 16.4. The van der Waals surface area contributed by atoms with E-state index in [9.17, 15) is 4.79 Å². The lowest BCUT2D eigenvalue weighted by Gasteiger charge is -2.37. The average Bonchev–Trinajstić information content (AvgIpc) is 2.92. The van der Waals surface area contributed by atoms with Crippen molar-refractivity contribution in [2.75, 3.05) is 24.6 Å². The van der Waals surface area contributed by atoms with Gasteiger partial charge < -0.3 is 18.9 Å². The van der Waals surface area contributed by atoms with Gasteiger partial charge in [-0.25, -0.2) is 4.79 Å². The van der Waals surface area contributed by atoms with Gasteiger partial charge in [0.05, 0.1) is 35.6 Å². The number of ether oxygens (including phenoxy) is 2. The summed E-state index contributed by atoms with van der Waals surface area (Å²) in [5.41, 5.74) is 3.82. The Labute approximate surface area is 159 Å². The number of hydrogen-bond donors (Lipinski definition) is 0. The van der Waals surface area contributed by atoms with Crippen LogP contribution in [0.2, 0.25) is 0 Å². The van der Waals surface area contributed by atoms with Gasteiger partial charge in [-0.1, -0.05) is 18.2 Å². The number of fused-ring (bicyclic) bond motifs is 3. The predicted octanol–water partition coefficient (Wildman–Crippen LogP) is 4.12. The fraction of sp³-hybridized carbons (Fsp3) is 0.409. The van der Waals surface area contributed by atoms with Gasteiger partial charge in [0, 0.05) is 36.4 Å². The first-order valence-electron chi connectivity index (χ1n) is 9.58. The standard InChI is InChI=1S/C22H26N2O3/c1-5-26-22(25)18-10-17-16-8-6-7-9-19(16)23(4)20(17)11-21(18)24-12-14(2)27-15(3)13-24/h6-11,14-15H,5,12-13H2,1-4H3/t14-,15-/m1/s1. The number of nitrogens with zero attached hydrogens (tertiary/aromatic N) is 2. The molecule has 2 heterocycles. The van der Waals surface area contributed by atoms with Gasteiger partial charge in [-0.15, -0.1) is 0 Å². The Bertz CT molecular complexity index is 998. The Morgan fingerprint density at radius 1 is 1.11 bits per heavy atom. The van der Waals surface area contributed by atoms with Crippen LogP contribution >= 0.6 is 0 Å². The highest BCUT2D eigenvalue weighted by Crippen LogP contribution is 2.35. The fourth-order valence-corrected chi connectivity index (χ4v) is 4.20. The molecular weight excluding hydrogens is 340 g/mol. The summed E-state index contributed by atoms with van der Waals surface area (Å²) < 4.78 is 13.4. The Balaban J connectivity index is 1.95. The molecule has 2 aromatic carbocycles. The second-order valence-corrected chi connectivity index (χ2v) is 7.35. The van der Waals surface area contributed by atoms with Crippen LogP contribution in [0.3, 0.4) is 0 Å². The molecule has 0 aliphatic carbocycles. The summed E-state index contributed by atoms with van der Waals surface area (Å²) >= 11 is 0. The molecule has 1 aliphatic rings. The van der Waals surface area contributed by atoms with Crippen LogP contribution < -0.4 is 4.90 Å². The molecule has 3 aromatic rings. The zero-order chi connectivity index (χ0) is 19.1. The maximum Gasteiger partial charge on any atom is 0.340 e. The van der Waals surface area contributed by atoms with Crippen LogP contribution in [0.25, 0.3) is 21.8 Å². The normalized spacial score (nSPS) is 20.4. The lowest BCUT2D eigenvalue weighted by Crippen LogP contribution is -2.46. The van der Waals surface area contributed by atoms with Crippen LogP contribution in [-0.4, -0.2) is 42.4 Å². The van der Waals surface area contributed by atoms with Gasteiger partial charge in [0.2, 0.25) is 0 Å². The molecule has 0 amide bonds. The van der Waals surface area contributed by atoms with E-state index in [2.05, 4.69) is 48.6 Å². The summed E-state index contributed by atoms with van der Waals surface area (Å²) in [7, 11) is 2.07. The molecule has 1 aromatic heterocycles. The number of para-hydroxylation sites is 1. The molecule has 1 saturated heterocycles. The third-order valence-corrected chi connectivity index (χ3v) is 5.29. The van der Waals surface area contributed by atoms with Crippen LogP contribution in [-0.2, 0) is 16.5 Å². The molecule has 0 saturated carbocycles. The van der Waals surface area contributed by atoms with Crippen molar-refractivity contribution >= 4 is 33.5 Å². The molecule has 5 heteroatoms. The van der Waals surface area contributed by atoms with Crippen LogP contribution in [0.4, 0.5) is 5.69 Å². The molecule has 0 radical (unpaired) electrons. The van der Waals surface area contributed by atoms with Crippen molar-refractivity contribution in [3.05, 3.63) is 42.0 Å². The van der Waals surface area contributed by atoms with Crippen molar-refractivity contribution in [3.63, 3.8) is 0 Å². The van der Waals surface area contributed by atoms with Gasteiger partial charge in [-0.2, -0.15) is 0 Å². The second kappa shape index (κ2) is 6.89. The van der Waals surface area contributed by atoms with Gasteiger partial charge in [-0.3, -0.25) is 0 Å².